The van der Waals surface area contributed by atoms with E-state index in [1.165, 1.54) is 24.0 Å². The van der Waals surface area contributed by atoms with E-state index in [1.807, 2.05) is 7.05 Å². The largest absolute Gasteiger partial charge is 0.374 e. The van der Waals surface area contributed by atoms with Crippen molar-refractivity contribution in [2.45, 2.75) is 57.0 Å². The number of hydrogen-bond acceptors (Lipinski definition) is 3. The van der Waals surface area contributed by atoms with Crippen LogP contribution in [0.25, 0.3) is 0 Å². The van der Waals surface area contributed by atoms with E-state index in [2.05, 4.69) is 36.5 Å². The molecule has 0 heterocycles. The number of nitrogens with one attached hydrogen (secondary N) is 1. The molecule has 2 aliphatic carbocycles. The molecule has 110 valence electrons. The van der Waals surface area contributed by atoms with Gasteiger partial charge in [-0.1, -0.05) is 24.3 Å². The van der Waals surface area contributed by atoms with E-state index in [9.17, 15) is 0 Å². The van der Waals surface area contributed by atoms with Gasteiger partial charge in [0.1, 0.15) is 0 Å². The highest BCUT2D eigenvalue weighted by Crippen LogP contribution is 2.37. The van der Waals surface area contributed by atoms with Crippen molar-refractivity contribution >= 4 is 0 Å². The molecule has 2 aliphatic rings. The highest BCUT2D eigenvalue weighted by molar-refractivity contribution is 5.31. The van der Waals surface area contributed by atoms with Crippen molar-refractivity contribution in [3.8, 4) is 0 Å². The van der Waals surface area contributed by atoms with Gasteiger partial charge in [-0.15, -0.1) is 0 Å². The van der Waals surface area contributed by atoms with Gasteiger partial charge in [0.15, 0.2) is 0 Å². The minimum absolute atomic E-state index is 0.207. The first-order valence-corrected chi connectivity index (χ1v) is 7.85. The number of benzene rings is 1. The maximum Gasteiger partial charge on any atom is 0.0990 e. The highest BCUT2D eigenvalue weighted by Gasteiger charge is 2.43. The van der Waals surface area contributed by atoms with Crippen LogP contribution in [0.3, 0.4) is 0 Å². The Morgan fingerprint density at radius 2 is 2.15 bits per heavy atom. The molecule has 0 amide bonds. The van der Waals surface area contributed by atoms with Crippen molar-refractivity contribution in [2.24, 2.45) is 0 Å². The van der Waals surface area contributed by atoms with E-state index in [1.54, 1.807) is 0 Å². The first-order valence-electron chi connectivity index (χ1n) is 7.85. The van der Waals surface area contributed by atoms with E-state index in [-0.39, 0.29) is 18.3 Å². The fourth-order valence-corrected chi connectivity index (χ4v) is 3.47. The van der Waals surface area contributed by atoms with Gasteiger partial charge in [-0.3, -0.25) is 0 Å². The summed E-state index contributed by atoms with van der Waals surface area (Å²) in [5, 5.41) is 3.32. The molecule has 0 spiro atoms. The summed E-state index contributed by atoms with van der Waals surface area (Å²) in [6.45, 7) is 2.81. The summed E-state index contributed by atoms with van der Waals surface area (Å²) in [7, 11) is 2.00. The number of hydrogen-bond donors (Lipinski definition) is 1. The van der Waals surface area contributed by atoms with E-state index in [0.29, 0.717) is 6.04 Å². The standard InChI is InChI=1S/C17H25NO2/c1-3-19-17-14(18-2)11-16(17)20-15-10-6-8-12-7-4-5-9-13(12)15/h4-5,7,9,14-18H,3,6,8,10-11H2,1-2H3. The molecular formula is C17H25NO2. The summed E-state index contributed by atoms with van der Waals surface area (Å²) >= 11 is 0. The lowest BCUT2D eigenvalue weighted by atomic mass is 9.84. The molecule has 1 saturated carbocycles. The van der Waals surface area contributed by atoms with Crippen LogP contribution < -0.4 is 5.32 Å². The fourth-order valence-electron chi connectivity index (χ4n) is 3.47. The van der Waals surface area contributed by atoms with Crippen LogP contribution in [0.1, 0.15) is 43.4 Å². The fraction of sp³-hybridized carbons (Fsp3) is 0.647. The monoisotopic (exact) mass is 275 g/mol. The van der Waals surface area contributed by atoms with E-state index in [0.717, 1.165) is 19.4 Å². The Bertz CT molecular complexity index is 448. The normalized spacial score (nSPS) is 32.5. The number of ether oxygens (including phenoxy) is 2. The average Bonchev–Trinajstić information content (AvgIpc) is 2.48. The van der Waals surface area contributed by atoms with Crippen LogP contribution in [0.15, 0.2) is 24.3 Å². The molecule has 1 aromatic carbocycles. The Morgan fingerprint density at radius 1 is 1.30 bits per heavy atom. The summed E-state index contributed by atoms with van der Waals surface area (Å²) in [6, 6.07) is 9.16. The molecule has 0 radical (unpaired) electrons. The maximum atomic E-state index is 6.39. The highest BCUT2D eigenvalue weighted by atomic mass is 16.6. The van der Waals surface area contributed by atoms with Gasteiger partial charge in [-0.2, -0.15) is 0 Å². The topological polar surface area (TPSA) is 30.5 Å². The molecule has 0 aliphatic heterocycles. The molecule has 1 fully saturated rings. The van der Waals surface area contributed by atoms with Crippen LogP contribution in [-0.2, 0) is 15.9 Å². The van der Waals surface area contributed by atoms with Crippen molar-refractivity contribution in [3.05, 3.63) is 35.4 Å². The summed E-state index contributed by atoms with van der Waals surface area (Å²) in [5.41, 5.74) is 2.85. The van der Waals surface area contributed by atoms with Gasteiger partial charge in [0, 0.05) is 12.6 Å². The van der Waals surface area contributed by atoms with E-state index in [4.69, 9.17) is 9.47 Å². The van der Waals surface area contributed by atoms with Crippen LogP contribution in [-0.4, -0.2) is 31.9 Å². The second-order valence-corrected chi connectivity index (χ2v) is 5.81. The van der Waals surface area contributed by atoms with Crippen LogP contribution >= 0.6 is 0 Å². The molecule has 3 rings (SSSR count). The number of aryl methyl sites for hydroxylation is 1. The van der Waals surface area contributed by atoms with Crippen LogP contribution in [0.4, 0.5) is 0 Å². The molecule has 4 unspecified atom stereocenters. The molecule has 1 aromatic rings. The van der Waals surface area contributed by atoms with Crippen LogP contribution in [0.2, 0.25) is 0 Å². The molecule has 0 bridgehead atoms. The molecule has 0 saturated heterocycles. The molecule has 3 heteroatoms. The maximum absolute atomic E-state index is 6.39. The minimum atomic E-state index is 0.207. The van der Waals surface area contributed by atoms with Gasteiger partial charge in [0.05, 0.1) is 18.3 Å². The predicted molar refractivity (Wildman–Crippen MR) is 79.9 cm³/mol. The summed E-state index contributed by atoms with van der Waals surface area (Å²) in [5.74, 6) is 0. The first-order chi connectivity index (χ1) is 9.83. The van der Waals surface area contributed by atoms with Gasteiger partial charge < -0.3 is 14.8 Å². The van der Waals surface area contributed by atoms with Crippen molar-refractivity contribution in [3.63, 3.8) is 0 Å². The molecule has 0 aromatic heterocycles. The summed E-state index contributed by atoms with van der Waals surface area (Å²) in [6.07, 6.45) is 5.31. The smallest absolute Gasteiger partial charge is 0.0990 e. The van der Waals surface area contributed by atoms with E-state index >= 15 is 0 Å². The lowest BCUT2D eigenvalue weighted by Crippen LogP contribution is -2.59. The number of likely N-dealkylation sites (N-methyl/N-ethyl adjacent to an activating group) is 1. The zero-order valence-electron chi connectivity index (χ0n) is 12.5. The Balaban J connectivity index is 1.67. The van der Waals surface area contributed by atoms with Gasteiger partial charge in [0.2, 0.25) is 0 Å². The van der Waals surface area contributed by atoms with Crippen molar-refractivity contribution < 1.29 is 9.47 Å². The Labute approximate surface area is 121 Å². The summed E-state index contributed by atoms with van der Waals surface area (Å²) < 4.78 is 12.2. The molecule has 3 nitrogen and oxygen atoms in total. The van der Waals surface area contributed by atoms with Gasteiger partial charge in [0.25, 0.3) is 0 Å². The third-order valence-corrected chi connectivity index (χ3v) is 4.63. The predicted octanol–water partition coefficient (Wildman–Crippen LogP) is 2.85. The molecular weight excluding hydrogens is 250 g/mol. The summed E-state index contributed by atoms with van der Waals surface area (Å²) in [4.78, 5) is 0. The first kappa shape index (κ1) is 14.1. The molecule has 1 N–H and O–H groups in total. The van der Waals surface area contributed by atoms with Gasteiger partial charge >= 0.3 is 0 Å². The van der Waals surface area contributed by atoms with Crippen LogP contribution in [0.5, 0.6) is 0 Å². The van der Waals surface area contributed by atoms with Gasteiger partial charge in [-0.05, 0) is 50.8 Å². The zero-order valence-corrected chi connectivity index (χ0v) is 12.5. The molecule has 4 atom stereocenters. The SMILES string of the molecule is CCOC1C(NC)CC1OC1CCCc2ccccc21. The number of fused-ring (bicyclic) bond motifs is 1. The lowest BCUT2D eigenvalue weighted by Gasteiger charge is -2.45. The quantitative estimate of drug-likeness (QED) is 0.896. The third kappa shape index (κ3) is 2.62. The second-order valence-electron chi connectivity index (χ2n) is 5.81. The van der Waals surface area contributed by atoms with Crippen LogP contribution in [0, 0.1) is 0 Å². The average molecular weight is 275 g/mol. The minimum Gasteiger partial charge on any atom is -0.374 e. The Hall–Kier alpha value is -0.900. The van der Waals surface area contributed by atoms with Crippen molar-refractivity contribution in [1.29, 1.82) is 0 Å². The van der Waals surface area contributed by atoms with Gasteiger partial charge in [-0.25, -0.2) is 0 Å². The Kier molecular flexibility index (Phi) is 4.39. The third-order valence-electron chi connectivity index (χ3n) is 4.63. The lowest BCUT2D eigenvalue weighted by molar-refractivity contribution is -0.169. The second kappa shape index (κ2) is 6.25. The number of rotatable bonds is 5. The van der Waals surface area contributed by atoms with Crippen molar-refractivity contribution in [1.82, 2.24) is 5.32 Å². The Morgan fingerprint density at radius 3 is 2.95 bits per heavy atom. The molecule has 20 heavy (non-hydrogen) atoms. The zero-order chi connectivity index (χ0) is 13.9. The van der Waals surface area contributed by atoms with E-state index < -0.39 is 0 Å². The van der Waals surface area contributed by atoms with Crippen molar-refractivity contribution in [2.75, 3.05) is 13.7 Å².